The molecule has 0 fully saturated rings. The molecule has 2 aromatic heterocycles. The number of hydrogen-bond acceptors (Lipinski definition) is 6. The van der Waals surface area contributed by atoms with Crippen molar-refractivity contribution in [3.63, 3.8) is 0 Å². The van der Waals surface area contributed by atoms with Gasteiger partial charge in [0.25, 0.3) is 0 Å². The highest BCUT2D eigenvalue weighted by molar-refractivity contribution is 6.01. The van der Waals surface area contributed by atoms with E-state index in [1.165, 1.54) is 7.11 Å². The first-order valence-electron chi connectivity index (χ1n) is 8.38. The molecule has 0 unspecified atom stereocenters. The first-order valence-corrected chi connectivity index (χ1v) is 8.38. The molecular weight excluding hydrogens is 328 g/mol. The molecule has 1 aromatic carbocycles. The number of anilines is 2. The van der Waals surface area contributed by atoms with Crippen molar-refractivity contribution in [2.45, 2.75) is 13.5 Å². The number of nitrogens with zero attached hydrogens (tertiary/aromatic N) is 3. The minimum Gasteiger partial charge on any atom is -0.468 e. The third-order valence-corrected chi connectivity index (χ3v) is 4.21. The third kappa shape index (κ3) is 3.91. The molecule has 2 heterocycles. The number of esters is 1. The summed E-state index contributed by atoms with van der Waals surface area (Å²) < 4.78 is 4.76. The average molecular weight is 350 g/mol. The number of carbonyl (C=O) groups is 1. The molecule has 0 aliphatic rings. The van der Waals surface area contributed by atoms with E-state index < -0.39 is 0 Å². The molecule has 1 N–H and O–H groups in total. The fourth-order valence-electron chi connectivity index (χ4n) is 2.82. The lowest BCUT2D eigenvalue weighted by molar-refractivity contribution is -0.138. The van der Waals surface area contributed by atoms with Crippen LogP contribution < -0.4 is 10.2 Å². The predicted octanol–water partition coefficient (Wildman–Crippen LogP) is 3.16. The van der Waals surface area contributed by atoms with Crippen LogP contribution in [-0.2, 0) is 16.1 Å². The molecule has 3 rings (SSSR count). The van der Waals surface area contributed by atoms with E-state index >= 15 is 0 Å². The number of benzene rings is 1. The van der Waals surface area contributed by atoms with Gasteiger partial charge in [0.1, 0.15) is 12.4 Å². The Labute approximate surface area is 152 Å². The molecule has 0 saturated carbocycles. The Balaban J connectivity index is 1.94. The zero-order chi connectivity index (χ0) is 18.5. The number of hydrogen-bond donors (Lipinski definition) is 1. The van der Waals surface area contributed by atoms with Gasteiger partial charge in [0.05, 0.1) is 19.0 Å². The average Bonchev–Trinajstić information content (AvgIpc) is 2.66. The van der Waals surface area contributed by atoms with E-state index in [-0.39, 0.29) is 12.5 Å². The van der Waals surface area contributed by atoms with E-state index in [0.717, 1.165) is 33.4 Å². The zero-order valence-electron chi connectivity index (χ0n) is 15.2. The highest BCUT2D eigenvalue weighted by Crippen LogP contribution is 2.31. The lowest BCUT2D eigenvalue weighted by Gasteiger charge is -2.20. The standard InChI is InChI=1S/C20H22N4O2/c1-14-4-5-16-17(10-14)20(24(2)13-19(25)26-3)23-12-18(16)22-11-15-6-8-21-9-7-15/h4-10,12,22H,11,13H2,1-3H3. The predicted molar refractivity (Wildman–Crippen MR) is 103 cm³/mol. The van der Waals surface area contributed by atoms with Crippen LogP contribution in [0.1, 0.15) is 11.1 Å². The van der Waals surface area contributed by atoms with Gasteiger partial charge < -0.3 is 15.0 Å². The van der Waals surface area contributed by atoms with Gasteiger partial charge in [0.15, 0.2) is 0 Å². The summed E-state index contributed by atoms with van der Waals surface area (Å²) in [6.45, 7) is 2.88. The minimum atomic E-state index is -0.296. The van der Waals surface area contributed by atoms with E-state index in [4.69, 9.17) is 4.74 Å². The second-order valence-electron chi connectivity index (χ2n) is 6.19. The van der Waals surface area contributed by atoms with Gasteiger partial charge in [-0.2, -0.15) is 0 Å². The number of carbonyl (C=O) groups excluding carboxylic acids is 1. The van der Waals surface area contributed by atoms with Gasteiger partial charge in [-0.25, -0.2) is 4.98 Å². The number of aromatic nitrogens is 2. The summed E-state index contributed by atoms with van der Waals surface area (Å²) in [7, 11) is 3.23. The van der Waals surface area contributed by atoms with Crippen molar-refractivity contribution in [1.82, 2.24) is 9.97 Å². The number of fused-ring (bicyclic) bond motifs is 1. The van der Waals surface area contributed by atoms with Crippen LogP contribution in [0.5, 0.6) is 0 Å². The summed E-state index contributed by atoms with van der Waals surface area (Å²) in [5.41, 5.74) is 3.23. The van der Waals surface area contributed by atoms with Gasteiger partial charge in [0, 0.05) is 36.8 Å². The molecule has 0 aliphatic heterocycles. The third-order valence-electron chi connectivity index (χ3n) is 4.21. The number of methoxy groups -OCH3 is 1. The number of likely N-dealkylation sites (N-methyl/N-ethyl adjacent to an activating group) is 1. The lowest BCUT2D eigenvalue weighted by atomic mass is 10.1. The Bertz CT molecular complexity index is 912. The van der Waals surface area contributed by atoms with Crippen molar-refractivity contribution < 1.29 is 9.53 Å². The molecule has 26 heavy (non-hydrogen) atoms. The molecule has 0 amide bonds. The Morgan fingerprint density at radius 1 is 1.19 bits per heavy atom. The van der Waals surface area contributed by atoms with Crippen molar-refractivity contribution in [2.75, 3.05) is 30.9 Å². The molecule has 0 radical (unpaired) electrons. The normalized spacial score (nSPS) is 10.6. The van der Waals surface area contributed by atoms with Crippen molar-refractivity contribution in [3.8, 4) is 0 Å². The quantitative estimate of drug-likeness (QED) is 0.689. The van der Waals surface area contributed by atoms with Gasteiger partial charge in [0.2, 0.25) is 0 Å². The Hall–Kier alpha value is -3.15. The monoisotopic (exact) mass is 350 g/mol. The molecule has 3 aromatic rings. The van der Waals surface area contributed by atoms with Crippen LogP contribution in [0.4, 0.5) is 11.5 Å². The van der Waals surface area contributed by atoms with E-state index in [0.29, 0.717) is 6.54 Å². The Kier molecular flexibility index (Phi) is 5.31. The number of pyridine rings is 2. The molecule has 0 aliphatic carbocycles. The van der Waals surface area contributed by atoms with E-state index in [1.807, 2.05) is 32.3 Å². The second kappa shape index (κ2) is 7.82. The first-order chi connectivity index (χ1) is 12.6. The molecule has 6 nitrogen and oxygen atoms in total. The first kappa shape index (κ1) is 17.7. The fraction of sp³-hybridized carbons (Fsp3) is 0.250. The smallest absolute Gasteiger partial charge is 0.325 e. The summed E-state index contributed by atoms with van der Waals surface area (Å²) in [5.74, 6) is 0.457. The van der Waals surface area contributed by atoms with Crippen LogP contribution in [0.15, 0.2) is 48.9 Å². The van der Waals surface area contributed by atoms with Crippen LogP contribution in [0.2, 0.25) is 0 Å². The Morgan fingerprint density at radius 2 is 1.96 bits per heavy atom. The van der Waals surface area contributed by atoms with E-state index in [9.17, 15) is 4.79 Å². The molecule has 6 heteroatoms. The maximum Gasteiger partial charge on any atom is 0.325 e. The van der Waals surface area contributed by atoms with Crippen LogP contribution >= 0.6 is 0 Å². The van der Waals surface area contributed by atoms with Crippen molar-refractivity contribution >= 4 is 28.2 Å². The van der Waals surface area contributed by atoms with Crippen LogP contribution in [-0.4, -0.2) is 36.6 Å². The molecule has 0 atom stereocenters. The van der Waals surface area contributed by atoms with Crippen molar-refractivity contribution in [1.29, 1.82) is 0 Å². The molecule has 0 saturated heterocycles. The van der Waals surface area contributed by atoms with Gasteiger partial charge in [-0.1, -0.05) is 17.7 Å². The van der Waals surface area contributed by atoms with Crippen molar-refractivity contribution in [2.24, 2.45) is 0 Å². The highest BCUT2D eigenvalue weighted by Gasteiger charge is 2.14. The lowest BCUT2D eigenvalue weighted by Crippen LogP contribution is -2.27. The molecular formula is C20H22N4O2. The van der Waals surface area contributed by atoms with Gasteiger partial charge in [-0.05, 0) is 30.7 Å². The summed E-state index contributed by atoms with van der Waals surface area (Å²) in [5, 5.41) is 5.50. The molecule has 0 bridgehead atoms. The largest absolute Gasteiger partial charge is 0.468 e. The number of rotatable bonds is 6. The minimum absolute atomic E-state index is 0.149. The topological polar surface area (TPSA) is 67.3 Å². The second-order valence-corrected chi connectivity index (χ2v) is 6.19. The van der Waals surface area contributed by atoms with Gasteiger partial charge in [-0.15, -0.1) is 0 Å². The van der Waals surface area contributed by atoms with Gasteiger partial charge >= 0.3 is 5.97 Å². The SMILES string of the molecule is COC(=O)CN(C)c1ncc(NCc2ccncc2)c2ccc(C)cc12. The van der Waals surface area contributed by atoms with Crippen LogP contribution in [0.3, 0.4) is 0 Å². The van der Waals surface area contributed by atoms with Crippen LogP contribution in [0.25, 0.3) is 10.8 Å². The maximum absolute atomic E-state index is 11.6. The number of aryl methyl sites for hydroxylation is 1. The molecule has 134 valence electrons. The highest BCUT2D eigenvalue weighted by atomic mass is 16.5. The maximum atomic E-state index is 11.6. The number of nitrogens with one attached hydrogen (secondary N) is 1. The zero-order valence-corrected chi connectivity index (χ0v) is 15.2. The summed E-state index contributed by atoms with van der Waals surface area (Å²) in [6.07, 6.45) is 5.37. The van der Waals surface area contributed by atoms with E-state index in [2.05, 4.69) is 33.5 Å². The number of ether oxygens (including phenoxy) is 1. The van der Waals surface area contributed by atoms with E-state index in [1.54, 1.807) is 17.3 Å². The summed E-state index contributed by atoms with van der Waals surface area (Å²) >= 11 is 0. The van der Waals surface area contributed by atoms with Crippen molar-refractivity contribution in [3.05, 3.63) is 60.0 Å². The summed E-state index contributed by atoms with van der Waals surface area (Å²) in [6, 6.07) is 10.2. The molecule has 0 spiro atoms. The summed E-state index contributed by atoms with van der Waals surface area (Å²) in [4.78, 5) is 22.1. The van der Waals surface area contributed by atoms with Gasteiger partial charge in [-0.3, -0.25) is 9.78 Å². The Morgan fingerprint density at radius 3 is 2.69 bits per heavy atom. The fourth-order valence-corrected chi connectivity index (χ4v) is 2.82. The van der Waals surface area contributed by atoms with Crippen LogP contribution in [0, 0.1) is 6.92 Å².